The molecule has 154 valence electrons. The average molecular weight is 418 g/mol. The highest BCUT2D eigenvalue weighted by atomic mass is 19.4. The van der Waals surface area contributed by atoms with E-state index in [1.807, 2.05) is 0 Å². The number of fused-ring (bicyclic) bond motifs is 1. The number of amides is 1. The fourth-order valence-corrected chi connectivity index (χ4v) is 2.89. The van der Waals surface area contributed by atoms with Crippen molar-refractivity contribution in [1.29, 1.82) is 5.26 Å². The van der Waals surface area contributed by atoms with Gasteiger partial charge in [-0.25, -0.2) is 0 Å². The van der Waals surface area contributed by atoms with Crippen LogP contribution in [0.15, 0.2) is 48.7 Å². The molecule has 3 rings (SSSR count). The van der Waals surface area contributed by atoms with Gasteiger partial charge in [-0.3, -0.25) is 14.9 Å². The molecule has 0 bridgehead atoms. The summed E-state index contributed by atoms with van der Waals surface area (Å²) in [5.41, 5.74) is -1.80. The Kier molecular flexibility index (Phi) is 5.44. The molecule has 0 radical (unpaired) electrons. The fourth-order valence-electron chi connectivity index (χ4n) is 2.89. The molecule has 0 aliphatic rings. The van der Waals surface area contributed by atoms with E-state index in [0.717, 1.165) is 12.1 Å². The zero-order valence-corrected chi connectivity index (χ0v) is 15.1. The number of halogens is 3. The lowest BCUT2D eigenvalue weighted by atomic mass is 10.1. The number of carbonyl (C=O) groups is 1. The first-order chi connectivity index (χ1) is 14.1. The van der Waals surface area contributed by atoms with E-state index in [2.05, 4.69) is 5.32 Å². The monoisotopic (exact) mass is 418 g/mol. The van der Waals surface area contributed by atoms with Crippen LogP contribution in [0.25, 0.3) is 10.9 Å². The molecule has 30 heavy (non-hydrogen) atoms. The van der Waals surface area contributed by atoms with Gasteiger partial charge < -0.3 is 15.0 Å². The van der Waals surface area contributed by atoms with Crippen molar-refractivity contribution >= 4 is 28.2 Å². The number of hydrogen-bond acceptors (Lipinski definition) is 5. The van der Waals surface area contributed by atoms with Gasteiger partial charge in [-0.1, -0.05) is 0 Å². The van der Waals surface area contributed by atoms with Gasteiger partial charge in [-0.05, 0) is 30.3 Å². The first-order valence-electron chi connectivity index (χ1n) is 8.43. The summed E-state index contributed by atoms with van der Waals surface area (Å²) in [5.74, 6) is -0.972. The number of aliphatic hydroxyl groups excluding tert-OH is 1. The third kappa shape index (κ3) is 4.23. The Hall–Kier alpha value is -3.91. The topological polar surface area (TPSA) is 121 Å². The second-order valence-electron chi connectivity index (χ2n) is 6.34. The summed E-state index contributed by atoms with van der Waals surface area (Å²) in [6, 6.07) is 9.84. The van der Waals surface area contributed by atoms with Crippen LogP contribution >= 0.6 is 0 Å². The number of benzene rings is 2. The first-order valence-corrected chi connectivity index (χ1v) is 8.43. The molecule has 2 N–H and O–H groups in total. The van der Waals surface area contributed by atoms with Crippen molar-refractivity contribution in [3.63, 3.8) is 0 Å². The molecule has 0 aliphatic heterocycles. The van der Waals surface area contributed by atoms with Crippen molar-refractivity contribution in [2.45, 2.75) is 18.8 Å². The van der Waals surface area contributed by atoms with E-state index in [1.54, 1.807) is 6.07 Å². The molecule has 0 fully saturated rings. The summed E-state index contributed by atoms with van der Waals surface area (Å²) in [7, 11) is 0. The predicted molar refractivity (Wildman–Crippen MR) is 99.4 cm³/mol. The average Bonchev–Trinajstić information content (AvgIpc) is 3.09. The second kappa shape index (κ2) is 7.84. The van der Waals surface area contributed by atoms with E-state index in [0.29, 0.717) is 17.0 Å². The zero-order valence-electron chi connectivity index (χ0n) is 15.1. The second-order valence-corrected chi connectivity index (χ2v) is 6.34. The summed E-state index contributed by atoms with van der Waals surface area (Å²) in [5, 5.41) is 32.7. The molecule has 2 aromatic carbocycles. The minimum Gasteiger partial charge on any atom is -0.381 e. The third-order valence-corrected chi connectivity index (χ3v) is 4.35. The van der Waals surface area contributed by atoms with Crippen LogP contribution in [0.5, 0.6) is 0 Å². The molecular weight excluding hydrogens is 405 g/mol. The van der Waals surface area contributed by atoms with Crippen molar-refractivity contribution < 1.29 is 28.0 Å². The Morgan fingerprint density at radius 2 is 2.00 bits per heavy atom. The Labute approximate surface area is 166 Å². The molecule has 0 spiro atoms. The van der Waals surface area contributed by atoms with Crippen molar-refractivity contribution in [3.05, 3.63) is 69.9 Å². The van der Waals surface area contributed by atoms with Gasteiger partial charge in [-0.2, -0.15) is 18.4 Å². The molecule has 0 unspecified atom stereocenters. The van der Waals surface area contributed by atoms with Gasteiger partial charge in [0, 0.05) is 29.4 Å². The molecule has 1 heterocycles. The molecule has 1 aromatic heterocycles. The van der Waals surface area contributed by atoms with Gasteiger partial charge in [-0.15, -0.1) is 0 Å². The Morgan fingerprint density at radius 3 is 2.63 bits per heavy atom. The number of nitrogens with zero attached hydrogens (tertiary/aromatic N) is 3. The molecule has 1 atom stereocenters. The Balaban J connectivity index is 1.79. The number of alkyl halides is 3. The van der Waals surface area contributed by atoms with Gasteiger partial charge >= 0.3 is 6.18 Å². The summed E-state index contributed by atoms with van der Waals surface area (Å²) in [6.07, 6.45) is -4.91. The quantitative estimate of drug-likeness (QED) is 0.486. The minimum absolute atomic E-state index is 0.168. The lowest BCUT2D eigenvalue weighted by molar-refractivity contribution is -0.384. The number of nitro benzene ring substituents is 1. The Bertz CT molecular complexity index is 1180. The van der Waals surface area contributed by atoms with Gasteiger partial charge in [0.2, 0.25) is 0 Å². The van der Waals surface area contributed by atoms with Crippen LogP contribution in [0.4, 0.5) is 24.5 Å². The number of aliphatic hydroxyl groups is 1. The van der Waals surface area contributed by atoms with E-state index in [4.69, 9.17) is 5.26 Å². The highest BCUT2D eigenvalue weighted by Crippen LogP contribution is 2.33. The zero-order chi connectivity index (χ0) is 22.1. The smallest absolute Gasteiger partial charge is 0.381 e. The number of anilines is 1. The first kappa shape index (κ1) is 20.8. The lowest BCUT2D eigenvalue weighted by Gasteiger charge is -2.15. The maximum atomic E-state index is 13.0. The molecule has 0 saturated heterocycles. The van der Waals surface area contributed by atoms with Crippen LogP contribution in [0.1, 0.15) is 11.1 Å². The minimum atomic E-state index is -4.79. The van der Waals surface area contributed by atoms with Crippen LogP contribution in [-0.2, 0) is 17.5 Å². The van der Waals surface area contributed by atoms with E-state index in [1.165, 1.54) is 35.0 Å². The van der Waals surface area contributed by atoms with Crippen LogP contribution in [0.2, 0.25) is 0 Å². The molecule has 3 aromatic rings. The van der Waals surface area contributed by atoms with E-state index in [9.17, 15) is 33.2 Å². The number of non-ortho nitro benzene ring substituents is 1. The summed E-state index contributed by atoms with van der Waals surface area (Å²) in [4.78, 5) is 22.6. The summed E-state index contributed by atoms with van der Waals surface area (Å²) in [6.45, 7) is -0.279. The highest BCUT2D eigenvalue weighted by Gasteiger charge is 2.34. The van der Waals surface area contributed by atoms with Crippen molar-refractivity contribution in [1.82, 2.24) is 4.57 Å². The van der Waals surface area contributed by atoms with Crippen LogP contribution in [-0.4, -0.2) is 26.6 Å². The molecule has 0 aliphatic carbocycles. The predicted octanol–water partition coefficient (Wildman–Crippen LogP) is 3.44. The number of carbonyl (C=O) groups excluding carboxylic acids is 1. The van der Waals surface area contributed by atoms with Gasteiger partial charge in [0.05, 0.1) is 34.2 Å². The molecule has 1 amide bonds. The van der Waals surface area contributed by atoms with E-state index >= 15 is 0 Å². The van der Waals surface area contributed by atoms with Crippen molar-refractivity contribution in [2.75, 3.05) is 5.32 Å². The number of nitro groups is 1. The standard InChI is InChI=1S/C19H13F3N4O4/c20-19(21,22)15-7-13(3-1-12(15)9-23)24-18(28)17(27)10-25-6-5-11-2-4-14(26(29)30)8-16(11)25/h1-8,17,27H,10H2,(H,24,28)/t17-/m0/s1. The number of aromatic nitrogens is 1. The van der Waals surface area contributed by atoms with Crippen molar-refractivity contribution in [2.24, 2.45) is 0 Å². The van der Waals surface area contributed by atoms with Gasteiger partial charge in [0.25, 0.3) is 11.6 Å². The van der Waals surface area contributed by atoms with E-state index < -0.39 is 34.2 Å². The van der Waals surface area contributed by atoms with Crippen molar-refractivity contribution in [3.8, 4) is 6.07 Å². The Morgan fingerprint density at radius 1 is 1.27 bits per heavy atom. The lowest BCUT2D eigenvalue weighted by Crippen LogP contribution is -2.31. The van der Waals surface area contributed by atoms with Crippen LogP contribution < -0.4 is 5.32 Å². The number of hydrogen-bond donors (Lipinski definition) is 2. The normalized spacial score (nSPS) is 12.4. The molecule has 11 heteroatoms. The largest absolute Gasteiger partial charge is 0.417 e. The van der Waals surface area contributed by atoms with Gasteiger partial charge in [0.15, 0.2) is 6.10 Å². The number of rotatable bonds is 5. The highest BCUT2D eigenvalue weighted by molar-refractivity contribution is 5.94. The molecule has 8 nitrogen and oxygen atoms in total. The van der Waals surface area contributed by atoms with E-state index in [-0.39, 0.29) is 17.9 Å². The fraction of sp³-hybridized carbons (Fsp3) is 0.158. The molecular formula is C19H13F3N4O4. The SMILES string of the molecule is N#Cc1ccc(NC(=O)[C@@H](O)Cn2ccc3ccc([N+](=O)[O-])cc32)cc1C(F)(F)F. The summed E-state index contributed by atoms with van der Waals surface area (Å²) < 4.78 is 40.5. The third-order valence-electron chi connectivity index (χ3n) is 4.35. The summed E-state index contributed by atoms with van der Waals surface area (Å²) >= 11 is 0. The maximum Gasteiger partial charge on any atom is 0.417 e. The van der Waals surface area contributed by atoms with Crippen LogP contribution in [0.3, 0.4) is 0 Å². The maximum absolute atomic E-state index is 13.0. The number of nitrogens with one attached hydrogen (secondary N) is 1. The van der Waals surface area contributed by atoms with Gasteiger partial charge in [0.1, 0.15) is 0 Å². The number of nitriles is 1. The molecule has 0 saturated carbocycles. The van der Waals surface area contributed by atoms with Crippen LogP contribution in [0, 0.1) is 21.4 Å².